The van der Waals surface area contributed by atoms with Crippen molar-refractivity contribution in [2.24, 2.45) is 11.7 Å². The third kappa shape index (κ3) is 3.86. The lowest BCUT2D eigenvalue weighted by molar-refractivity contribution is -0.131. The van der Waals surface area contributed by atoms with Crippen molar-refractivity contribution < 1.29 is 4.79 Å². The lowest BCUT2D eigenvalue weighted by atomic mass is 9.99. The Morgan fingerprint density at radius 2 is 1.88 bits per heavy atom. The van der Waals surface area contributed by atoms with Gasteiger partial charge in [0.25, 0.3) is 0 Å². The fourth-order valence-corrected chi connectivity index (χ4v) is 1.85. The van der Waals surface area contributed by atoms with Crippen LogP contribution in [0.4, 0.5) is 0 Å². The van der Waals surface area contributed by atoms with Crippen LogP contribution < -0.4 is 5.73 Å². The summed E-state index contributed by atoms with van der Waals surface area (Å²) in [5, 5.41) is 0. The van der Waals surface area contributed by atoms with Gasteiger partial charge in [-0.05, 0) is 24.9 Å². The predicted molar refractivity (Wildman–Crippen MR) is 70.7 cm³/mol. The molecule has 0 saturated carbocycles. The van der Waals surface area contributed by atoms with Crippen molar-refractivity contribution in [2.75, 3.05) is 20.1 Å². The molecule has 94 valence electrons. The minimum atomic E-state index is -0.0915. The normalized spacial score (nSPS) is 14.1. The van der Waals surface area contributed by atoms with Gasteiger partial charge in [0, 0.05) is 13.6 Å². The van der Waals surface area contributed by atoms with E-state index >= 15 is 0 Å². The summed E-state index contributed by atoms with van der Waals surface area (Å²) >= 11 is 0. The summed E-state index contributed by atoms with van der Waals surface area (Å²) in [6, 6.07) is 9.86. The van der Waals surface area contributed by atoms with Gasteiger partial charge in [-0.3, -0.25) is 4.79 Å². The first-order valence-corrected chi connectivity index (χ1v) is 6.06. The largest absolute Gasteiger partial charge is 0.345 e. The van der Waals surface area contributed by atoms with E-state index in [2.05, 4.69) is 6.92 Å². The number of carbonyl (C=O) groups is 1. The molecule has 2 N–H and O–H groups in total. The van der Waals surface area contributed by atoms with Gasteiger partial charge in [-0.25, -0.2) is 0 Å². The van der Waals surface area contributed by atoms with Crippen LogP contribution in [0.25, 0.3) is 0 Å². The molecular weight excluding hydrogens is 212 g/mol. The highest BCUT2D eigenvalue weighted by molar-refractivity contribution is 5.83. The number of nitrogens with two attached hydrogens (primary N) is 1. The number of amides is 1. The Morgan fingerprint density at radius 1 is 1.29 bits per heavy atom. The van der Waals surface area contributed by atoms with Crippen LogP contribution in [0, 0.1) is 5.92 Å². The molecule has 3 heteroatoms. The first kappa shape index (κ1) is 13.7. The van der Waals surface area contributed by atoms with Crippen molar-refractivity contribution in [3.63, 3.8) is 0 Å². The Hall–Kier alpha value is -1.35. The van der Waals surface area contributed by atoms with Gasteiger partial charge >= 0.3 is 0 Å². The Labute approximate surface area is 104 Å². The highest BCUT2D eigenvalue weighted by atomic mass is 16.2. The smallest absolute Gasteiger partial charge is 0.229 e. The number of carbonyl (C=O) groups excluding carboxylic acids is 1. The number of benzene rings is 1. The molecule has 1 rings (SSSR count). The molecule has 1 aromatic rings. The maximum Gasteiger partial charge on any atom is 0.229 e. The van der Waals surface area contributed by atoms with Gasteiger partial charge in [-0.15, -0.1) is 0 Å². The van der Waals surface area contributed by atoms with Gasteiger partial charge in [0.05, 0.1) is 5.92 Å². The molecule has 0 saturated heterocycles. The van der Waals surface area contributed by atoms with Crippen LogP contribution in [0.3, 0.4) is 0 Å². The van der Waals surface area contributed by atoms with Crippen molar-refractivity contribution in [1.29, 1.82) is 0 Å². The maximum atomic E-state index is 12.2. The standard InChI is InChI=1S/C14H22N2O/c1-11(9-15)10-16(3)14(17)12(2)13-7-5-4-6-8-13/h4-8,11-12H,9-10,15H2,1-3H3. The molecule has 2 atom stereocenters. The Bertz CT molecular complexity index is 350. The van der Waals surface area contributed by atoms with Crippen LogP contribution in [0.2, 0.25) is 0 Å². The molecule has 3 nitrogen and oxygen atoms in total. The first-order valence-electron chi connectivity index (χ1n) is 6.06. The lowest BCUT2D eigenvalue weighted by Crippen LogP contribution is -2.35. The van der Waals surface area contributed by atoms with Crippen molar-refractivity contribution in [3.05, 3.63) is 35.9 Å². The molecule has 0 aromatic heterocycles. The zero-order valence-electron chi connectivity index (χ0n) is 10.9. The summed E-state index contributed by atoms with van der Waals surface area (Å²) in [5.41, 5.74) is 6.63. The van der Waals surface area contributed by atoms with Crippen LogP contribution >= 0.6 is 0 Å². The zero-order chi connectivity index (χ0) is 12.8. The van der Waals surface area contributed by atoms with E-state index in [0.29, 0.717) is 19.0 Å². The number of hydrogen-bond acceptors (Lipinski definition) is 2. The van der Waals surface area contributed by atoms with Crippen molar-refractivity contribution in [2.45, 2.75) is 19.8 Å². The van der Waals surface area contributed by atoms with Crippen molar-refractivity contribution in [3.8, 4) is 0 Å². The van der Waals surface area contributed by atoms with Gasteiger partial charge < -0.3 is 10.6 Å². The van der Waals surface area contributed by atoms with Crippen LogP contribution in [0.15, 0.2) is 30.3 Å². The molecule has 0 fully saturated rings. The molecule has 0 aliphatic rings. The van der Waals surface area contributed by atoms with E-state index in [9.17, 15) is 4.79 Å². The zero-order valence-corrected chi connectivity index (χ0v) is 10.9. The van der Waals surface area contributed by atoms with Crippen LogP contribution in [-0.2, 0) is 4.79 Å². The quantitative estimate of drug-likeness (QED) is 0.845. The minimum absolute atomic E-state index is 0.0915. The summed E-state index contributed by atoms with van der Waals surface area (Å²) in [6.45, 7) is 5.32. The van der Waals surface area contributed by atoms with E-state index in [1.165, 1.54) is 0 Å². The van der Waals surface area contributed by atoms with Gasteiger partial charge in [0.15, 0.2) is 0 Å². The van der Waals surface area contributed by atoms with Crippen LogP contribution in [0.1, 0.15) is 25.3 Å². The van der Waals surface area contributed by atoms with Crippen molar-refractivity contribution >= 4 is 5.91 Å². The van der Waals surface area contributed by atoms with Crippen LogP contribution in [0.5, 0.6) is 0 Å². The molecule has 0 aliphatic heterocycles. The fraction of sp³-hybridized carbons (Fsp3) is 0.500. The molecule has 0 aliphatic carbocycles. The second kappa shape index (κ2) is 6.40. The van der Waals surface area contributed by atoms with Gasteiger partial charge in [-0.1, -0.05) is 37.3 Å². The van der Waals surface area contributed by atoms with E-state index in [0.717, 1.165) is 5.56 Å². The van der Waals surface area contributed by atoms with Gasteiger partial charge in [0.2, 0.25) is 5.91 Å². The second-order valence-corrected chi connectivity index (χ2v) is 4.69. The summed E-state index contributed by atoms with van der Waals surface area (Å²) in [7, 11) is 1.84. The number of hydrogen-bond donors (Lipinski definition) is 1. The van der Waals surface area contributed by atoms with Gasteiger partial charge in [-0.2, -0.15) is 0 Å². The fourth-order valence-electron chi connectivity index (χ4n) is 1.85. The second-order valence-electron chi connectivity index (χ2n) is 4.69. The van der Waals surface area contributed by atoms with Crippen LogP contribution in [-0.4, -0.2) is 30.9 Å². The molecule has 2 unspecified atom stereocenters. The highest BCUT2D eigenvalue weighted by Crippen LogP contribution is 2.17. The van der Waals surface area contributed by atoms with E-state index in [1.54, 1.807) is 4.90 Å². The number of likely N-dealkylation sites (N-methyl/N-ethyl adjacent to an activating group) is 1. The minimum Gasteiger partial charge on any atom is -0.345 e. The lowest BCUT2D eigenvalue weighted by Gasteiger charge is -2.24. The highest BCUT2D eigenvalue weighted by Gasteiger charge is 2.19. The average molecular weight is 234 g/mol. The Morgan fingerprint density at radius 3 is 2.41 bits per heavy atom. The summed E-state index contributed by atoms with van der Waals surface area (Å²) in [4.78, 5) is 14.0. The first-order chi connectivity index (χ1) is 8.06. The SMILES string of the molecule is CC(CN)CN(C)C(=O)C(C)c1ccccc1. The molecule has 0 bridgehead atoms. The number of rotatable bonds is 5. The maximum absolute atomic E-state index is 12.2. The van der Waals surface area contributed by atoms with E-state index in [4.69, 9.17) is 5.73 Å². The molecule has 1 amide bonds. The summed E-state index contributed by atoms with van der Waals surface area (Å²) in [5.74, 6) is 0.398. The van der Waals surface area contributed by atoms with E-state index in [-0.39, 0.29) is 11.8 Å². The summed E-state index contributed by atoms with van der Waals surface area (Å²) in [6.07, 6.45) is 0. The molecule has 1 aromatic carbocycles. The monoisotopic (exact) mass is 234 g/mol. The number of nitrogens with zero attached hydrogens (tertiary/aromatic N) is 1. The molecule has 17 heavy (non-hydrogen) atoms. The molecular formula is C14H22N2O. The van der Waals surface area contributed by atoms with E-state index < -0.39 is 0 Å². The third-order valence-corrected chi connectivity index (χ3v) is 3.03. The molecule has 0 heterocycles. The van der Waals surface area contributed by atoms with Crippen molar-refractivity contribution in [1.82, 2.24) is 4.90 Å². The Kier molecular flexibility index (Phi) is 5.16. The average Bonchev–Trinajstić information content (AvgIpc) is 2.37. The predicted octanol–water partition coefficient (Wildman–Crippen LogP) is 1.84. The van der Waals surface area contributed by atoms with E-state index in [1.807, 2.05) is 44.3 Å². The molecule has 0 radical (unpaired) electrons. The third-order valence-electron chi connectivity index (χ3n) is 3.03. The van der Waals surface area contributed by atoms with Gasteiger partial charge in [0.1, 0.15) is 0 Å². The summed E-state index contributed by atoms with van der Waals surface area (Å²) < 4.78 is 0. The Balaban J connectivity index is 2.64. The molecule has 0 spiro atoms. The topological polar surface area (TPSA) is 46.3 Å².